The Morgan fingerprint density at radius 3 is 2.58 bits per heavy atom. The average molecular weight is 374 g/mol. The fourth-order valence-corrected chi connectivity index (χ4v) is 4.73. The van der Waals surface area contributed by atoms with Gasteiger partial charge < -0.3 is 10.2 Å². The zero-order valence-electron chi connectivity index (χ0n) is 15.1. The Labute approximate surface area is 153 Å². The molecule has 1 N–H and O–H groups in total. The highest BCUT2D eigenvalue weighted by atomic mass is 32.2. The minimum Gasteiger partial charge on any atom is -0.354 e. The molecule has 3 rings (SSSR count). The molecule has 1 amide bonds. The average Bonchev–Trinajstić information content (AvgIpc) is 2.97. The highest BCUT2D eigenvalue weighted by Crippen LogP contribution is 2.21. The van der Waals surface area contributed by atoms with Gasteiger partial charge in [0.25, 0.3) is 5.91 Å². The summed E-state index contributed by atoms with van der Waals surface area (Å²) < 4.78 is 23.3. The zero-order valence-corrected chi connectivity index (χ0v) is 15.9. The fourth-order valence-electron chi connectivity index (χ4n) is 2.96. The smallest absolute Gasteiger partial charge is 0.276 e. The van der Waals surface area contributed by atoms with E-state index in [4.69, 9.17) is 0 Å². The summed E-state index contributed by atoms with van der Waals surface area (Å²) in [6.07, 6.45) is 0.579. The van der Waals surface area contributed by atoms with Gasteiger partial charge in [-0.25, -0.2) is 8.42 Å². The van der Waals surface area contributed by atoms with Crippen LogP contribution in [0.5, 0.6) is 0 Å². The summed E-state index contributed by atoms with van der Waals surface area (Å²) in [5.74, 6) is 0.547. The van der Waals surface area contributed by atoms with E-state index >= 15 is 0 Å². The number of nitrogens with one attached hydrogen (secondary N) is 1. The van der Waals surface area contributed by atoms with Crippen LogP contribution in [-0.2, 0) is 9.84 Å². The van der Waals surface area contributed by atoms with Gasteiger partial charge in [-0.3, -0.25) is 4.79 Å². The lowest BCUT2D eigenvalue weighted by Gasteiger charge is -2.23. The standard InChI is InChI=1S/C18H22N4O3S/c1-12-4-5-13(2)16(10-12)19-18(23)15-6-7-17(21-20-15)22(3)14-8-9-26(24,25)11-14/h4-7,10,14H,8-9,11H2,1-3H3,(H,19,23). The van der Waals surface area contributed by atoms with E-state index in [1.54, 1.807) is 19.2 Å². The molecule has 138 valence electrons. The predicted molar refractivity (Wildman–Crippen MR) is 101 cm³/mol. The second-order valence-electron chi connectivity index (χ2n) is 6.72. The molecule has 0 spiro atoms. The van der Waals surface area contributed by atoms with Crippen LogP contribution in [0.4, 0.5) is 11.5 Å². The molecule has 1 fully saturated rings. The number of rotatable bonds is 4. The minimum atomic E-state index is -2.97. The topological polar surface area (TPSA) is 92.3 Å². The first-order chi connectivity index (χ1) is 12.2. The molecule has 0 bridgehead atoms. The Bertz CT molecular complexity index is 926. The van der Waals surface area contributed by atoms with Gasteiger partial charge in [-0.2, -0.15) is 0 Å². The van der Waals surface area contributed by atoms with Gasteiger partial charge in [0.2, 0.25) is 0 Å². The van der Waals surface area contributed by atoms with Crippen LogP contribution >= 0.6 is 0 Å². The molecular weight excluding hydrogens is 352 g/mol. The van der Waals surface area contributed by atoms with Crippen LogP contribution in [0.15, 0.2) is 30.3 Å². The summed E-state index contributed by atoms with van der Waals surface area (Å²) in [6.45, 7) is 3.89. The van der Waals surface area contributed by atoms with Gasteiger partial charge in [0.15, 0.2) is 21.3 Å². The molecule has 1 aromatic heterocycles. The molecule has 1 atom stereocenters. The maximum atomic E-state index is 12.4. The number of sulfone groups is 1. The Balaban J connectivity index is 1.71. The molecular formula is C18H22N4O3S. The van der Waals surface area contributed by atoms with Crippen molar-refractivity contribution in [3.05, 3.63) is 47.2 Å². The van der Waals surface area contributed by atoms with Crippen molar-refractivity contribution in [2.24, 2.45) is 0 Å². The van der Waals surface area contributed by atoms with Gasteiger partial charge in [-0.1, -0.05) is 12.1 Å². The minimum absolute atomic E-state index is 0.107. The molecule has 1 aliphatic heterocycles. The second kappa shape index (κ2) is 7.03. The second-order valence-corrected chi connectivity index (χ2v) is 8.95. The lowest BCUT2D eigenvalue weighted by molar-refractivity contribution is 0.102. The van der Waals surface area contributed by atoms with Crippen LogP contribution in [0.2, 0.25) is 0 Å². The van der Waals surface area contributed by atoms with Crippen LogP contribution in [0.1, 0.15) is 28.0 Å². The highest BCUT2D eigenvalue weighted by molar-refractivity contribution is 7.91. The molecule has 1 unspecified atom stereocenters. The quantitative estimate of drug-likeness (QED) is 0.880. The number of anilines is 2. The number of hydrogen-bond acceptors (Lipinski definition) is 6. The van der Waals surface area contributed by atoms with E-state index in [0.29, 0.717) is 12.2 Å². The Morgan fingerprint density at radius 1 is 1.19 bits per heavy atom. The summed E-state index contributed by atoms with van der Waals surface area (Å²) in [7, 11) is -1.17. The number of amides is 1. The monoisotopic (exact) mass is 374 g/mol. The number of carbonyl (C=O) groups excluding carboxylic acids is 1. The molecule has 1 saturated heterocycles. The van der Waals surface area contributed by atoms with E-state index < -0.39 is 9.84 Å². The summed E-state index contributed by atoms with van der Waals surface area (Å²) >= 11 is 0. The number of nitrogens with zero attached hydrogens (tertiary/aromatic N) is 3. The molecule has 0 saturated carbocycles. The van der Waals surface area contributed by atoms with E-state index in [1.807, 2.05) is 36.9 Å². The maximum Gasteiger partial charge on any atom is 0.276 e. The number of aromatic nitrogens is 2. The first-order valence-electron chi connectivity index (χ1n) is 8.41. The third kappa shape index (κ3) is 4.01. The first-order valence-corrected chi connectivity index (χ1v) is 10.2. The summed E-state index contributed by atoms with van der Waals surface area (Å²) in [5, 5.41) is 10.9. The first kappa shape index (κ1) is 18.3. The van der Waals surface area contributed by atoms with Crippen molar-refractivity contribution in [1.82, 2.24) is 10.2 Å². The van der Waals surface area contributed by atoms with E-state index in [2.05, 4.69) is 15.5 Å². The van der Waals surface area contributed by atoms with Crippen LogP contribution in [-0.4, -0.2) is 49.1 Å². The predicted octanol–water partition coefficient (Wildman–Crippen LogP) is 1.97. The van der Waals surface area contributed by atoms with Gasteiger partial charge in [-0.05, 0) is 49.6 Å². The van der Waals surface area contributed by atoms with Crippen molar-refractivity contribution in [3.63, 3.8) is 0 Å². The molecule has 8 heteroatoms. The molecule has 1 aliphatic rings. The van der Waals surface area contributed by atoms with Gasteiger partial charge in [0.05, 0.1) is 11.5 Å². The highest BCUT2D eigenvalue weighted by Gasteiger charge is 2.31. The molecule has 2 aromatic rings. The molecule has 2 heterocycles. The van der Waals surface area contributed by atoms with Crippen molar-refractivity contribution in [3.8, 4) is 0 Å². The van der Waals surface area contributed by atoms with Gasteiger partial charge in [0, 0.05) is 18.8 Å². The lowest BCUT2D eigenvalue weighted by Crippen LogP contribution is -2.33. The van der Waals surface area contributed by atoms with E-state index in [9.17, 15) is 13.2 Å². The Kier molecular flexibility index (Phi) is 4.95. The van der Waals surface area contributed by atoms with E-state index in [1.165, 1.54) is 0 Å². The molecule has 26 heavy (non-hydrogen) atoms. The normalized spacial score (nSPS) is 18.5. The van der Waals surface area contributed by atoms with Crippen LogP contribution in [0.25, 0.3) is 0 Å². The maximum absolute atomic E-state index is 12.4. The van der Waals surface area contributed by atoms with E-state index in [0.717, 1.165) is 16.8 Å². The number of hydrogen-bond donors (Lipinski definition) is 1. The summed E-state index contributed by atoms with van der Waals surface area (Å²) in [5.41, 5.74) is 2.98. The van der Waals surface area contributed by atoms with E-state index in [-0.39, 0.29) is 29.1 Å². The SMILES string of the molecule is Cc1ccc(C)c(NC(=O)c2ccc(N(C)C3CCS(=O)(=O)C3)nn2)c1. The fraction of sp³-hybridized carbons (Fsp3) is 0.389. The lowest BCUT2D eigenvalue weighted by atomic mass is 10.1. The summed E-state index contributed by atoms with van der Waals surface area (Å²) in [4.78, 5) is 14.2. The van der Waals surface area contributed by atoms with Crippen molar-refractivity contribution < 1.29 is 13.2 Å². The summed E-state index contributed by atoms with van der Waals surface area (Å²) in [6, 6.07) is 9.02. The van der Waals surface area contributed by atoms with Crippen molar-refractivity contribution >= 4 is 27.2 Å². The van der Waals surface area contributed by atoms with Gasteiger partial charge in [-0.15, -0.1) is 10.2 Å². The Morgan fingerprint density at radius 2 is 1.96 bits per heavy atom. The van der Waals surface area contributed by atoms with Crippen molar-refractivity contribution in [1.29, 1.82) is 0 Å². The van der Waals surface area contributed by atoms with Crippen molar-refractivity contribution in [2.75, 3.05) is 28.8 Å². The number of benzene rings is 1. The number of aryl methyl sites for hydroxylation is 2. The van der Waals surface area contributed by atoms with Crippen LogP contribution in [0.3, 0.4) is 0 Å². The van der Waals surface area contributed by atoms with Crippen LogP contribution in [0, 0.1) is 13.8 Å². The van der Waals surface area contributed by atoms with Gasteiger partial charge >= 0.3 is 0 Å². The Hall–Kier alpha value is -2.48. The zero-order chi connectivity index (χ0) is 18.9. The number of carbonyl (C=O) groups is 1. The molecule has 0 radical (unpaired) electrons. The van der Waals surface area contributed by atoms with Gasteiger partial charge in [0.1, 0.15) is 0 Å². The largest absolute Gasteiger partial charge is 0.354 e. The van der Waals surface area contributed by atoms with Crippen molar-refractivity contribution in [2.45, 2.75) is 26.3 Å². The molecule has 0 aliphatic carbocycles. The van der Waals surface area contributed by atoms with Crippen LogP contribution < -0.4 is 10.2 Å². The molecule has 7 nitrogen and oxygen atoms in total. The molecule has 1 aromatic carbocycles. The third-order valence-corrected chi connectivity index (χ3v) is 6.39. The third-order valence-electron chi connectivity index (χ3n) is 4.64.